The molecule has 2 aromatic rings. The van der Waals surface area contributed by atoms with E-state index >= 15 is 0 Å². The average Bonchev–Trinajstić information content (AvgIpc) is 2.91. The Labute approximate surface area is 138 Å². The fraction of sp³-hybridized carbons (Fsp3) is 0.333. The predicted molar refractivity (Wildman–Crippen MR) is 87.7 cm³/mol. The van der Waals surface area contributed by atoms with Gasteiger partial charge in [0.2, 0.25) is 5.91 Å². The number of hydrogen-bond acceptors (Lipinski definition) is 5. The van der Waals surface area contributed by atoms with Crippen molar-refractivity contribution in [1.29, 1.82) is 0 Å². The summed E-state index contributed by atoms with van der Waals surface area (Å²) in [5.41, 5.74) is 6.03. The molecule has 0 unspecified atom stereocenters. The van der Waals surface area contributed by atoms with Crippen LogP contribution in [-0.4, -0.2) is 30.2 Å². The van der Waals surface area contributed by atoms with E-state index < -0.39 is 11.5 Å². The van der Waals surface area contributed by atoms with Gasteiger partial charge < -0.3 is 15.2 Å². The van der Waals surface area contributed by atoms with E-state index in [9.17, 15) is 4.79 Å². The lowest BCUT2D eigenvalue weighted by Gasteiger charge is -2.23. The minimum atomic E-state index is -0.527. The molecule has 1 aromatic heterocycles. The maximum absolute atomic E-state index is 11.5. The van der Waals surface area contributed by atoms with Crippen LogP contribution in [-0.2, 0) is 4.74 Å². The van der Waals surface area contributed by atoms with Crippen molar-refractivity contribution in [1.82, 2.24) is 4.98 Å². The molecule has 0 fully saturated rings. The quantitative estimate of drug-likeness (QED) is 0.874. The standard InChI is InChI=1S/C15H17ClN2O3S/c1-15(2,20-3)8-21-11-5-9(13(17)19)4-10(6-11)14-18-7-12(16)22-14/h4-7H,8H2,1-3H3,(H2,17,19). The molecule has 0 saturated heterocycles. The van der Waals surface area contributed by atoms with Gasteiger partial charge >= 0.3 is 0 Å². The fourth-order valence-electron chi connectivity index (χ4n) is 1.65. The summed E-state index contributed by atoms with van der Waals surface area (Å²) in [6.45, 7) is 4.16. The maximum atomic E-state index is 11.5. The van der Waals surface area contributed by atoms with Crippen LogP contribution in [0.25, 0.3) is 10.6 Å². The van der Waals surface area contributed by atoms with Crippen LogP contribution < -0.4 is 10.5 Å². The van der Waals surface area contributed by atoms with Gasteiger partial charge in [-0.1, -0.05) is 11.6 Å². The van der Waals surface area contributed by atoms with Gasteiger partial charge in [-0.25, -0.2) is 4.98 Å². The minimum Gasteiger partial charge on any atom is -0.491 e. The van der Waals surface area contributed by atoms with Crippen molar-refractivity contribution in [2.45, 2.75) is 19.4 Å². The average molecular weight is 341 g/mol. The highest BCUT2D eigenvalue weighted by Crippen LogP contribution is 2.31. The smallest absolute Gasteiger partial charge is 0.248 e. The van der Waals surface area contributed by atoms with Crippen LogP contribution in [0.1, 0.15) is 24.2 Å². The molecule has 0 radical (unpaired) electrons. The first-order valence-corrected chi connectivity index (χ1v) is 7.75. The molecule has 0 saturated carbocycles. The number of methoxy groups -OCH3 is 1. The van der Waals surface area contributed by atoms with Crippen LogP contribution in [0.3, 0.4) is 0 Å². The molecule has 5 nitrogen and oxygen atoms in total. The number of nitrogens with zero attached hydrogens (tertiary/aromatic N) is 1. The number of rotatable bonds is 6. The van der Waals surface area contributed by atoms with E-state index in [2.05, 4.69) is 4.98 Å². The molecular formula is C15H17ClN2O3S. The summed E-state index contributed by atoms with van der Waals surface area (Å²) in [4.78, 5) is 15.7. The first-order chi connectivity index (χ1) is 10.3. The van der Waals surface area contributed by atoms with Crippen molar-refractivity contribution >= 4 is 28.8 Å². The highest BCUT2D eigenvalue weighted by Gasteiger charge is 2.18. The normalized spacial score (nSPS) is 11.5. The highest BCUT2D eigenvalue weighted by atomic mass is 35.5. The molecule has 0 bridgehead atoms. The maximum Gasteiger partial charge on any atom is 0.248 e. The summed E-state index contributed by atoms with van der Waals surface area (Å²) >= 11 is 7.23. The van der Waals surface area contributed by atoms with Gasteiger partial charge in [-0.15, -0.1) is 11.3 Å². The number of amides is 1. The Morgan fingerprint density at radius 3 is 2.68 bits per heavy atom. The third kappa shape index (κ3) is 4.19. The molecule has 0 spiro atoms. The molecule has 2 rings (SSSR count). The van der Waals surface area contributed by atoms with Crippen LogP contribution in [0.15, 0.2) is 24.4 Å². The Balaban J connectivity index is 2.33. The lowest BCUT2D eigenvalue weighted by Crippen LogP contribution is -2.30. The summed E-state index contributed by atoms with van der Waals surface area (Å²) in [5.74, 6) is 0.00287. The molecule has 1 aromatic carbocycles. The minimum absolute atomic E-state index is 0.337. The lowest BCUT2D eigenvalue weighted by atomic mass is 10.1. The van der Waals surface area contributed by atoms with Crippen molar-refractivity contribution in [3.8, 4) is 16.3 Å². The number of nitrogens with two attached hydrogens (primary N) is 1. The van der Waals surface area contributed by atoms with Crippen molar-refractivity contribution in [2.75, 3.05) is 13.7 Å². The number of hydrogen-bond donors (Lipinski definition) is 1. The van der Waals surface area contributed by atoms with E-state index in [1.54, 1.807) is 31.5 Å². The molecule has 0 aliphatic rings. The van der Waals surface area contributed by atoms with E-state index in [1.807, 2.05) is 13.8 Å². The second-order valence-corrected chi connectivity index (χ2v) is 6.99. The summed E-state index contributed by atoms with van der Waals surface area (Å²) in [5, 5.41) is 0.698. The van der Waals surface area contributed by atoms with Crippen molar-refractivity contribution in [3.05, 3.63) is 34.3 Å². The van der Waals surface area contributed by atoms with Crippen LogP contribution in [0.2, 0.25) is 4.34 Å². The van der Waals surface area contributed by atoms with E-state index in [1.165, 1.54) is 11.3 Å². The molecule has 0 aliphatic carbocycles. The third-order valence-corrected chi connectivity index (χ3v) is 4.22. The Morgan fingerprint density at radius 2 is 2.14 bits per heavy atom. The number of thiazole rings is 1. The number of halogens is 1. The van der Waals surface area contributed by atoms with Crippen LogP contribution in [0.5, 0.6) is 5.75 Å². The molecule has 0 aliphatic heterocycles. The lowest BCUT2D eigenvalue weighted by molar-refractivity contribution is -0.0146. The Bertz CT molecular complexity index is 685. The second-order valence-electron chi connectivity index (χ2n) is 5.33. The summed E-state index contributed by atoms with van der Waals surface area (Å²) in [6, 6.07) is 5.08. The highest BCUT2D eigenvalue weighted by molar-refractivity contribution is 7.18. The number of primary amides is 1. The van der Waals surface area contributed by atoms with Gasteiger partial charge in [0.1, 0.15) is 21.7 Å². The largest absolute Gasteiger partial charge is 0.491 e. The zero-order chi connectivity index (χ0) is 16.3. The Morgan fingerprint density at radius 1 is 1.41 bits per heavy atom. The molecule has 118 valence electrons. The van der Waals surface area contributed by atoms with Crippen LogP contribution in [0, 0.1) is 0 Å². The van der Waals surface area contributed by atoms with Gasteiger partial charge in [0.15, 0.2) is 0 Å². The fourth-order valence-corrected chi connectivity index (χ4v) is 2.55. The topological polar surface area (TPSA) is 74.4 Å². The zero-order valence-corrected chi connectivity index (χ0v) is 14.1. The molecule has 1 amide bonds. The zero-order valence-electron chi connectivity index (χ0n) is 12.6. The van der Waals surface area contributed by atoms with Gasteiger partial charge in [0.05, 0.1) is 11.8 Å². The van der Waals surface area contributed by atoms with Crippen LogP contribution in [0.4, 0.5) is 0 Å². The molecule has 22 heavy (non-hydrogen) atoms. The van der Waals surface area contributed by atoms with Gasteiger partial charge in [0.25, 0.3) is 0 Å². The number of ether oxygens (including phenoxy) is 2. The van der Waals surface area contributed by atoms with Crippen molar-refractivity contribution in [2.24, 2.45) is 5.73 Å². The Hall–Kier alpha value is -1.63. The predicted octanol–water partition coefficient (Wildman–Crippen LogP) is 3.37. The SMILES string of the molecule is COC(C)(C)COc1cc(C(N)=O)cc(-c2ncc(Cl)s2)c1. The third-order valence-electron chi connectivity index (χ3n) is 3.05. The van der Waals surface area contributed by atoms with Gasteiger partial charge in [-0.2, -0.15) is 0 Å². The van der Waals surface area contributed by atoms with E-state index in [4.69, 9.17) is 26.8 Å². The molecule has 0 atom stereocenters. The number of aromatic nitrogens is 1. The van der Waals surface area contributed by atoms with Crippen LogP contribution >= 0.6 is 22.9 Å². The summed E-state index contributed by atoms with van der Waals surface area (Å²) < 4.78 is 11.6. The molecule has 2 N–H and O–H groups in total. The van der Waals surface area contributed by atoms with Gasteiger partial charge in [0, 0.05) is 18.2 Å². The van der Waals surface area contributed by atoms with Crippen molar-refractivity contribution < 1.29 is 14.3 Å². The van der Waals surface area contributed by atoms with E-state index in [-0.39, 0.29) is 0 Å². The number of carbonyl (C=O) groups is 1. The second kappa shape index (κ2) is 6.64. The first kappa shape index (κ1) is 16.7. The van der Waals surface area contributed by atoms with Gasteiger partial charge in [-0.05, 0) is 32.0 Å². The monoisotopic (exact) mass is 340 g/mol. The summed E-state index contributed by atoms with van der Waals surface area (Å²) in [6.07, 6.45) is 1.56. The first-order valence-electron chi connectivity index (χ1n) is 6.55. The summed E-state index contributed by atoms with van der Waals surface area (Å²) in [7, 11) is 1.62. The number of benzene rings is 1. The Kier molecular flexibility index (Phi) is 5.05. The van der Waals surface area contributed by atoms with Gasteiger partial charge in [-0.3, -0.25) is 4.79 Å². The van der Waals surface area contributed by atoms with Crippen molar-refractivity contribution in [3.63, 3.8) is 0 Å². The molecular weight excluding hydrogens is 324 g/mol. The van der Waals surface area contributed by atoms with E-state index in [0.29, 0.717) is 27.3 Å². The number of carbonyl (C=O) groups excluding carboxylic acids is 1. The molecule has 7 heteroatoms. The molecule has 1 heterocycles. The van der Waals surface area contributed by atoms with E-state index in [0.717, 1.165) is 5.56 Å².